The van der Waals surface area contributed by atoms with Gasteiger partial charge in [-0.3, -0.25) is 10.7 Å². The van der Waals surface area contributed by atoms with Gasteiger partial charge in [0.2, 0.25) is 0 Å². The van der Waals surface area contributed by atoms with Crippen molar-refractivity contribution in [2.75, 3.05) is 11.5 Å². The minimum Gasteiger partial charge on any atom is -0.488 e. The van der Waals surface area contributed by atoms with Crippen molar-refractivity contribution < 1.29 is 9.66 Å². The summed E-state index contributed by atoms with van der Waals surface area (Å²) in [5.74, 6) is 0.425. The number of nitrogens with two attached hydrogens (primary N) is 1. The molecule has 0 spiro atoms. The van der Waals surface area contributed by atoms with Crippen molar-refractivity contribution in [2.24, 2.45) is 10.7 Å². The molecule has 1 aliphatic heterocycles. The summed E-state index contributed by atoms with van der Waals surface area (Å²) < 4.78 is 7.28. The molecule has 9 nitrogen and oxygen atoms in total. The molecule has 1 aromatic carbocycles. The number of aliphatic imine (C=N–C) groups is 1. The van der Waals surface area contributed by atoms with E-state index in [2.05, 4.69) is 9.98 Å². The summed E-state index contributed by atoms with van der Waals surface area (Å²) in [4.78, 5) is 20.1. The Balaban J connectivity index is 1.74. The highest BCUT2D eigenvalue weighted by atomic mass is 16.6. The second-order valence-electron chi connectivity index (χ2n) is 5.38. The predicted molar refractivity (Wildman–Crippen MR) is 93.5 cm³/mol. The number of imidazole rings is 1. The van der Waals surface area contributed by atoms with Gasteiger partial charge in [0.05, 0.1) is 5.69 Å². The largest absolute Gasteiger partial charge is 0.488 e. The fourth-order valence-corrected chi connectivity index (χ4v) is 2.61. The van der Waals surface area contributed by atoms with E-state index in [4.69, 9.17) is 10.5 Å². The van der Waals surface area contributed by atoms with Gasteiger partial charge < -0.3 is 19.8 Å². The van der Waals surface area contributed by atoms with E-state index in [0.29, 0.717) is 12.3 Å². The Morgan fingerprint density at radius 1 is 1.40 bits per heavy atom. The van der Waals surface area contributed by atoms with E-state index in [1.807, 2.05) is 42.2 Å². The number of rotatable bonds is 6. The van der Waals surface area contributed by atoms with Crippen molar-refractivity contribution in [3.8, 4) is 5.75 Å². The minimum absolute atomic E-state index is 0.206. The van der Waals surface area contributed by atoms with Crippen LogP contribution in [0.25, 0.3) is 0 Å². The highest BCUT2D eigenvalue weighted by Crippen LogP contribution is 2.32. The number of nitrogens with zero attached hydrogens (tertiary/aromatic N) is 5. The lowest BCUT2D eigenvalue weighted by Gasteiger charge is -2.32. The van der Waals surface area contributed by atoms with Gasteiger partial charge in [0.15, 0.2) is 6.29 Å². The number of anilines is 1. The first-order chi connectivity index (χ1) is 12.1. The number of para-hydroxylation sites is 2. The molecule has 1 aromatic heterocycles. The van der Waals surface area contributed by atoms with E-state index in [0.717, 1.165) is 11.4 Å². The van der Waals surface area contributed by atoms with Crippen LogP contribution in [0.4, 0.5) is 11.6 Å². The molecule has 0 aliphatic carbocycles. The summed E-state index contributed by atoms with van der Waals surface area (Å²) in [6, 6.07) is 7.47. The Morgan fingerprint density at radius 3 is 2.96 bits per heavy atom. The number of aromatic nitrogens is 2. The predicted octanol–water partition coefficient (Wildman–Crippen LogP) is 1.91. The van der Waals surface area contributed by atoms with Crippen molar-refractivity contribution in [3.63, 3.8) is 0 Å². The van der Waals surface area contributed by atoms with Crippen molar-refractivity contribution in [2.45, 2.75) is 19.8 Å². The zero-order valence-electron chi connectivity index (χ0n) is 13.6. The standard InChI is InChI=1S/C16H18N6O3/c1-12-6-7-18-15(17)21(12)13-4-2-3-5-14(13)25-11-10-20-9-8-19-16(20)22(23)24/h2-9,15H,10-11,17H2,1H3. The van der Waals surface area contributed by atoms with E-state index in [9.17, 15) is 10.1 Å². The number of benzene rings is 1. The average molecular weight is 342 g/mol. The lowest BCUT2D eigenvalue weighted by atomic mass is 10.2. The van der Waals surface area contributed by atoms with Crippen LogP contribution in [-0.4, -0.2) is 33.6 Å². The fourth-order valence-electron chi connectivity index (χ4n) is 2.61. The van der Waals surface area contributed by atoms with Crippen LogP contribution in [0.1, 0.15) is 6.92 Å². The monoisotopic (exact) mass is 342 g/mol. The highest BCUT2D eigenvalue weighted by molar-refractivity contribution is 5.77. The summed E-state index contributed by atoms with van der Waals surface area (Å²) in [6.45, 7) is 2.50. The Hall–Kier alpha value is -3.20. The van der Waals surface area contributed by atoms with Gasteiger partial charge >= 0.3 is 5.95 Å². The molecule has 1 atom stereocenters. The van der Waals surface area contributed by atoms with E-state index < -0.39 is 11.2 Å². The van der Waals surface area contributed by atoms with Crippen LogP contribution in [0.15, 0.2) is 53.4 Å². The molecule has 2 N–H and O–H groups in total. The second kappa shape index (κ2) is 7.14. The Morgan fingerprint density at radius 2 is 2.20 bits per heavy atom. The molecule has 3 rings (SSSR count). The van der Waals surface area contributed by atoms with Crippen LogP contribution in [0.3, 0.4) is 0 Å². The van der Waals surface area contributed by atoms with Crippen LogP contribution in [0.5, 0.6) is 5.75 Å². The molecule has 2 aromatic rings. The van der Waals surface area contributed by atoms with Crippen molar-refractivity contribution in [3.05, 3.63) is 58.5 Å². The topological polar surface area (TPSA) is 112 Å². The zero-order chi connectivity index (χ0) is 17.8. The molecule has 1 unspecified atom stereocenters. The van der Waals surface area contributed by atoms with Crippen LogP contribution in [0.2, 0.25) is 0 Å². The van der Waals surface area contributed by atoms with Gasteiger partial charge in [0.1, 0.15) is 31.3 Å². The van der Waals surface area contributed by atoms with Gasteiger partial charge in [-0.05, 0) is 30.1 Å². The molecular formula is C16H18N6O3. The number of hydrogen-bond acceptors (Lipinski definition) is 7. The minimum atomic E-state index is -0.524. The third kappa shape index (κ3) is 3.50. The van der Waals surface area contributed by atoms with Crippen LogP contribution >= 0.6 is 0 Å². The van der Waals surface area contributed by atoms with Crippen molar-refractivity contribution >= 4 is 17.9 Å². The van der Waals surface area contributed by atoms with Gasteiger partial charge in [-0.2, -0.15) is 0 Å². The molecule has 0 fully saturated rings. The Labute approximate surface area is 144 Å². The average Bonchev–Trinajstić information content (AvgIpc) is 3.05. The maximum absolute atomic E-state index is 10.9. The summed E-state index contributed by atoms with van der Waals surface area (Å²) in [7, 11) is 0. The number of allylic oxidation sites excluding steroid dienone is 2. The molecule has 0 saturated carbocycles. The first-order valence-corrected chi connectivity index (χ1v) is 7.70. The van der Waals surface area contributed by atoms with E-state index in [1.165, 1.54) is 10.8 Å². The summed E-state index contributed by atoms with van der Waals surface area (Å²) in [5.41, 5.74) is 7.81. The molecule has 0 bridgehead atoms. The molecule has 9 heteroatoms. The number of ether oxygens (including phenoxy) is 1. The molecule has 0 saturated heterocycles. The lowest BCUT2D eigenvalue weighted by molar-refractivity contribution is -0.396. The van der Waals surface area contributed by atoms with Crippen molar-refractivity contribution in [1.82, 2.24) is 9.55 Å². The van der Waals surface area contributed by atoms with Crippen LogP contribution < -0.4 is 15.4 Å². The first kappa shape index (κ1) is 16.7. The van der Waals surface area contributed by atoms with Crippen LogP contribution in [-0.2, 0) is 6.54 Å². The van der Waals surface area contributed by atoms with Gasteiger partial charge in [-0.15, -0.1) is 0 Å². The number of hydrogen-bond donors (Lipinski definition) is 1. The second-order valence-corrected chi connectivity index (χ2v) is 5.38. The fraction of sp³-hybridized carbons (Fsp3) is 0.250. The lowest BCUT2D eigenvalue weighted by Crippen LogP contribution is -2.41. The summed E-state index contributed by atoms with van der Waals surface area (Å²) in [5, 5.41) is 10.9. The van der Waals surface area contributed by atoms with Gasteiger partial charge in [-0.1, -0.05) is 17.1 Å². The third-order valence-corrected chi connectivity index (χ3v) is 3.77. The zero-order valence-corrected chi connectivity index (χ0v) is 13.6. The number of nitro groups is 1. The molecule has 2 heterocycles. The van der Waals surface area contributed by atoms with E-state index >= 15 is 0 Å². The quantitative estimate of drug-likeness (QED) is 0.634. The molecular weight excluding hydrogens is 324 g/mol. The van der Waals surface area contributed by atoms with Gasteiger partial charge in [0, 0.05) is 11.9 Å². The Bertz CT molecular complexity index is 829. The first-order valence-electron chi connectivity index (χ1n) is 7.70. The molecule has 0 amide bonds. The molecule has 130 valence electrons. The molecule has 0 radical (unpaired) electrons. The van der Waals surface area contributed by atoms with Gasteiger partial charge in [-0.25, -0.2) is 4.57 Å². The van der Waals surface area contributed by atoms with E-state index in [-0.39, 0.29) is 12.6 Å². The normalized spacial score (nSPS) is 16.6. The van der Waals surface area contributed by atoms with E-state index in [1.54, 1.807) is 12.4 Å². The third-order valence-electron chi connectivity index (χ3n) is 3.77. The summed E-state index contributed by atoms with van der Waals surface area (Å²) in [6.07, 6.45) is 5.97. The smallest absolute Gasteiger partial charge is 0.434 e. The summed E-state index contributed by atoms with van der Waals surface area (Å²) >= 11 is 0. The molecule has 1 aliphatic rings. The maximum atomic E-state index is 10.9. The maximum Gasteiger partial charge on any atom is 0.434 e. The Kier molecular flexibility index (Phi) is 4.75. The van der Waals surface area contributed by atoms with Gasteiger partial charge in [0.25, 0.3) is 0 Å². The molecule has 25 heavy (non-hydrogen) atoms. The van der Waals surface area contributed by atoms with Crippen molar-refractivity contribution in [1.29, 1.82) is 0 Å². The SMILES string of the molecule is CC1=CC=NC(N)N1c1ccccc1OCCn1ccnc1[N+](=O)[O-]. The highest BCUT2D eigenvalue weighted by Gasteiger charge is 2.21. The van der Waals surface area contributed by atoms with Crippen LogP contribution in [0, 0.1) is 10.1 Å².